The Hall–Kier alpha value is -2.90. The predicted molar refractivity (Wildman–Crippen MR) is 109 cm³/mol. The molecule has 152 valence electrons. The quantitative estimate of drug-likeness (QED) is 0.557. The molecule has 1 aromatic heterocycles. The van der Waals surface area contributed by atoms with Gasteiger partial charge in [-0.15, -0.1) is 0 Å². The Balaban J connectivity index is 2.09. The maximum atomic E-state index is 14.4. The molecule has 0 saturated carbocycles. The summed E-state index contributed by atoms with van der Waals surface area (Å²) in [6.45, 7) is 8.48. The van der Waals surface area contributed by atoms with Crippen LogP contribution >= 0.6 is 0 Å². The lowest BCUT2D eigenvalue weighted by atomic mass is 10.2. The molecule has 0 saturated heterocycles. The van der Waals surface area contributed by atoms with Crippen LogP contribution in [0.15, 0.2) is 41.9 Å². The fourth-order valence-electron chi connectivity index (χ4n) is 2.85. The summed E-state index contributed by atoms with van der Waals surface area (Å²) in [5.74, 6) is 0.330. The molecule has 8 heteroatoms. The van der Waals surface area contributed by atoms with Gasteiger partial charge < -0.3 is 19.7 Å². The highest BCUT2D eigenvalue weighted by Crippen LogP contribution is 2.15. The molecule has 1 N–H and O–H groups in total. The van der Waals surface area contributed by atoms with E-state index in [1.807, 2.05) is 33.9 Å². The van der Waals surface area contributed by atoms with Gasteiger partial charge in [0.1, 0.15) is 5.82 Å². The second-order valence-electron chi connectivity index (χ2n) is 6.35. The van der Waals surface area contributed by atoms with Gasteiger partial charge in [0.2, 0.25) is 5.91 Å². The molecule has 1 aromatic carbocycles. The lowest BCUT2D eigenvalue weighted by Crippen LogP contribution is -2.45. The molecule has 2 rings (SSSR count). The lowest BCUT2D eigenvalue weighted by molar-refractivity contribution is -0.131. The number of imidazole rings is 1. The summed E-state index contributed by atoms with van der Waals surface area (Å²) < 4.78 is 16.0. The maximum Gasteiger partial charge on any atom is 0.242 e. The summed E-state index contributed by atoms with van der Waals surface area (Å²) >= 11 is 0. The molecule has 0 radical (unpaired) electrons. The van der Waals surface area contributed by atoms with Crippen molar-refractivity contribution in [1.29, 1.82) is 0 Å². The first-order valence-corrected chi connectivity index (χ1v) is 9.54. The van der Waals surface area contributed by atoms with Crippen molar-refractivity contribution in [2.24, 2.45) is 4.99 Å². The molecule has 0 unspecified atom stereocenters. The smallest absolute Gasteiger partial charge is 0.242 e. The van der Waals surface area contributed by atoms with E-state index < -0.39 is 0 Å². The first-order valence-electron chi connectivity index (χ1n) is 9.54. The largest absolute Gasteiger partial charge is 0.357 e. The van der Waals surface area contributed by atoms with Crippen LogP contribution in [0.25, 0.3) is 5.69 Å². The SMILES string of the molecule is CCNC(=NCc1ccc(-n2ccnc2)c(F)c1)N(C)CC(=O)N(CC)CC. The first-order chi connectivity index (χ1) is 13.5. The average molecular weight is 388 g/mol. The predicted octanol–water partition coefficient (Wildman–Crippen LogP) is 2.28. The number of aliphatic imine (C=N–C) groups is 1. The van der Waals surface area contributed by atoms with Crippen LogP contribution in [0.3, 0.4) is 0 Å². The van der Waals surface area contributed by atoms with Crippen molar-refractivity contribution in [3.05, 3.63) is 48.3 Å². The minimum atomic E-state index is -0.333. The minimum absolute atomic E-state index is 0.0498. The van der Waals surface area contributed by atoms with Crippen molar-refractivity contribution in [3.8, 4) is 5.69 Å². The summed E-state index contributed by atoms with van der Waals surface area (Å²) in [5, 5.41) is 3.18. The van der Waals surface area contributed by atoms with E-state index in [2.05, 4.69) is 15.3 Å². The van der Waals surface area contributed by atoms with E-state index in [-0.39, 0.29) is 18.3 Å². The zero-order chi connectivity index (χ0) is 20.5. The summed E-state index contributed by atoms with van der Waals surface area (Å²) in [6.07, 6.45) is 4.86. The fraction of sp³-hybridized carbons (Fsp3) is 0.450. The van der Waals surface area contributed by atoms with Gasteiger partial charge in [-0.2, -0.15) is 0 Å². The molecular weight excluding hydrogens is 359 g/mol. The Morgan fingerprint density at radius 3 is 2.61 bits per heavy atom. The van der Waals surface area contributed by atoms with Gasteiger partial charge in [-0.1, -0.05) is 6.07 Å². The molecule has 0 aliphatic carbocycles. The highest BCUT2D eigenvalue weighted by molar-refractivity contribution is 5.86. The third-order valence-electron chi connectivity index (χ3n) is 4.39. The van der Waals surface area contributed by atoms with E-state index in [0.29, 0.717) is 37.8 Å². The molecule has 1 amide bonds. The molecule has 0 atom stereocenters. The number of carbonyl (C=O) groups is 1. The maximum absolute atomic E-state index is 14.4. The number of aromatic nitrogens is 2. The Morgan fingerprint density at radius 1 is 1.29 bits per heavy atom. The van der Waals surface area contributed by atoms with Gasteiger partial charge in [-0.25, -0.2) is 14.4 Å². The molecule has 0 aliphatic rings. The van der Waals surface area contributed by atoms with Crippen LogP contribution in [-0.4, -0.2) is 64.4 Å². The zero-order valence-corrected chi connectivity index (χ0v) is 17.0. The molecular formula is C20H29FN6O. The number of rotatable bonds is 8. The van der Waals surface area contributed by atoms with Crippen molar-refractivity contribution >= 4 is 11.9 Å². The highest BCUT2D eigenvalue weighted by Gasteiger charge is 2.15. The summed E-state index contributed by atoms with van der Waals surface area (Å²) in [6, 6.07) is 5.03. The van der Waals surface area contributed by atoms with Gasteiger partial charge in [0.05, 0.1) is 25.1 Å². The Bertz CT molecular complexity index is 786. The first kappa shape index (κ1) is 21.4. The van der Waals surface area contributed by atoms with Crippen molar-refractivity contribution < 1.29 is 9.18 Å². The zero-order valence-electron chi connectivity index (χ0n) is 17.0. The van der Waals surface area contributed by atoms with E-state index in [4.69, 9.17) is 0 Å². The summed E-state index contributed by atoms with van der Waals surface area (Å²) in [5.41, 5.74) is 1.19. The van der Waals surface area contributed by atoms with Crippen molar-refractivity contribution in [2.45, 2.75) is 27.3 Å². The number of benzene rings is 1. The number of amides is 1. The number of likely N-dealkylation sites (N-methyl/N-ethyl adjacent to an activating group) is 2. The van der Waals surface area contributed by atoms with E-state index in [1.54, 1.807) is 39.2 Å². The molecule has 28 heavy (non-hydrogen) atoms. The van der Waals surface area contributed by atoms with E-state index >= 15 is 0 Å². The highest BCUT2D eigenvalue weighted by atomic mass is 19.1. The average Bonchev–Trinajstić information content (AvgIpc) is 3.20. The standard InChI is InChI=1S/C20H29FN6O/c1-5-23-20(25(4)14-19(28)26(6-2)7-3)24-13-16-8-9-18(17(21)12-16)27-11-10-22-15-27/h8-12,15H,5-7,13-14H2,1-4H3,(H,23,24). The second-order valence-corrected chi connectivity index (χ2v) is 6.35. The summed E-state index contributed by atoms with van der Waals surface area (Å²) in [7, 11) is 1.83. The van der Waals surface area contributed by atoms with E-state index in [9.17, 15) is 9.18 Å². The van der Waals surface area contributed by atoms with Gasteiger partial charge >= 0.3 is 0 Å². The van der Waals surface area contributed by atoms with Gasteiger partial charge in [0, 0.05) is 39.1 Å². The van der Waals surface area contributed by atoms with Crippen LogP contribution in [-0.2, 0) is 11.3 Å². The van der Waals surface area contributed by atoms with Crippen LogP contribution in [0.4, 0.5) is 4.39 Å². The number of nitrogens with zero attached hydrogens (tertiary/aromatic N) is 5. The van der Waals surface area contributed by atoms with E-state index in [1.165, 1.54) is 6.07 Å². The molecule has 2 aromatic rings. The van der Waals surface area contributed by atoms with Gasteiger partial charge in [-0.05, 0) is 38.5 Å². The number of hydrogen-bond donors (Lipinski definition) is 1. The van der Waals surface area contributed by atoms with Gasteiger partial charge in [0.25, 0.3) is 0 Å². The van der Waals surface area contributed by atoms with Gasteiger partial charge in [0.15, 0.2) is 5.96 Å². The molecule has 0 aliphatic heterocycles. The monoisotopic (exact) mass is 388 g/mol. The summed E-state index contributed by atoms with van der Waals surface area (Å²) in [4.78, 5) is 24.4. The Kier molecular flexibility index (Phi) is 7.98. The number of guanidine groups is 1. The van der Waals surface area contributed by atoms with Crippen LogP contribution < -0.4 is 5.32 Å². The number of halogens is 1. The van der Waals surface area contributed by atoms with Crippen molar-refractivity contribution in [2.75, 3.05) is 33.2 Å². The minimum Gasteiger partial charge on any atom is -0.357 e. The van der Waals surface area contributed by atoms with Crippen LogP contribution in [0, 0.1) is 5.82 Å². The van der Waals surface area contributed by atoms with Crippen LogP contribution in [0.2, 0.25) is 0 Å². The second kappa shape index (κ2) is 10.4. The van der Waals surface area contributed by atoms with Crippen LogP contribution in [0.1, 0.15) is 26.3 Å². The van der Waals surface area contributed by atoms with E-state index in [0.717, 1.165) is 5.56 Å². The third kappa shape index (κ3) is 5.55. The Morgan fingerprint density at radius 2 is 2.04 bits per heavy atom. The van der Waals surface area contributed by atoms with Crippen molar-refractivity contribution in [3.63, 3.8) is 0 Å². The number of hydrogen-bond acceptors (Lipinski definition) is 3. The molecule has 0 fully saturated rings. The lowest BCUT2D eigenvalue weighted by Gasteiger charge is -2.25. The van der Waals surface area contributed by atoms with Crippen molar-refractivity contribution in [1.82, 2.24) is 24.7 Å². The topological polar surface area (TPSA) is 65.8 Å². The fourth-order valence-corrected chi connectivity index (χ4v) is 2.85. The number of carbonyl (C=O) groups excluding carboxylic acids is 1. The molecule has 0 bridgehead atoms. The van der Waals surface area contributed by atoms with Crippen LogP contribution in [0.5, 0.6) is 0 Å². The number of nitrogens with one attached hydrogen (secondary N) is 1. The molecule has 7 nitrogen and oxygen atoms in total. The normalized spacial score (nSPS) is 11.4. The van der Waals surface area contributed by atoms with Gasteiger partial charge in [-0.3, -0.25) is 4.79 Å². The third-order valence-corrected chi connectivity index (χ3v) is 4.39. The molecule has 0 spiro atoms. The Labute approximate surface area is 165 Å². The molecule has 1 heterocycles.